The fourth-order valence-electron chi connectivity index (χ4n) is 5.63. The van der Waals surface area contributed by atoms with E-state index in [1.54, 1.807) is 4.57 Å². The Morgan fingerprint density at radius 2 is 1.82 bits per heavy atom. The summed E-state index contributed by atoms with van der Waals surface area (Å²) < 4.78 is 67.0. The smallest absolute Gasteiger partial charge is 0.393 e. The average Bonchev–Trinajstić information content (AvgIpc) is 3.72. The Kier molecular flexibility index (Phi) is 10.9. The number of phosphoric ester groups is 1. The van der Waals surface area contributed by atoms with Gasteiger partial charge in [0.25, 0.3) is 0 Å². The number of ether oxygens (including phenoxy) is 2. The number of aromatic nitrogens is 4. The number of hydrogen-bond acceptors (Lipinski definition) is 17. The SMILES string of the molecule is Nc1ncnc2c1ncn2[C@@H]1O[C@H](COP(=O)(S)OP(=O)(O)OC2OCC([C@@H](F)CO)C(O)C(O)C2O)[C@@H](O)[C@H]1N1CCCC1. The Morgan fingerprint density at radius 3 is 2.51 bits per heavy atom. The van der Waals surface area contributed by atoms with Crippen molar-refractivity contribution in [1.82, 2.24) is 24.4 Å². The first kappa shape index (κ1) is 34.9. The molecular weight excluding hydrogens is 669 g/mol. The van der Waals surface area contributed by atoms with Gasteiger partial charge in [-0.2, -0.15) is 4.31 Å². The number of hydrogen-bond donors (Lipinski definition) is 8. The topological polar surface area (TPSA) is 275 Å². The first-order chi connectivity index (χ1) is 21.2. The van der Waals surface area contributed by atoms with Crippen LogP contribution in [0.25, 0.3) is 11.2 Å². The van der Waals surface area contributed by atoms with Crippen LogP contribution >= 0.6 is 26.9 Å². The van der Waals surface area contributed by atoms with Crippen molar-refractivity contribution in [2.75, 3.05) is 38.6 Å². The number of alkyl halides is 1. The fraction of sp³-hybridized carbons (Fsp3) is 0.773. The second-order valence-corrected chi connectivity index (χ2v) is 15.3. The summed E-state index contributed by atoms with van der Waals surface area (Å²) in [5, 5.41) is 50.9. The van der Waals surface area contributed by atoms with Crippen LogP contribution in [0.15, 0.2) is 12.7 Å². The summed E-state index contributed by atoms with van der Waals surface area (Å²) in [5.41, 5.74) is 6.58. The predicted octanol–water partition coefficient (Wildman–Crippen LogP) is -1.30. The molecule has 0 spiro atoms. The first-order valence-corrected chi connectivity index (χ1v) is 18.0. The van der Waals surface area contributed by atoms with Crippen LogP contribution in [-0.4, -0.2) is 137 Å². The molecule has 0 aliphatic carbocycles. The average molecular weight is 705 g/mol. The number of aliphatic hydroxyl groups excluding tert-OH is 5. The Hall–Kier alpha value is -1.39. The lowest BCUT2D eigenvalue weighted by atomic mass is 9.93. The molecule has 3 fully saturated rings. The molecule has 3 aliphatic heterocycles. The molecule has 3 saturated heterocycles. The Labute approximate surface area is 260 Å². The van der Waals surface area contributed by atoms with Crippen LogP contribution in [0, 0.1) is 5.92 Å². The first-order valence-electron chi connectivity index (χ1n) is 13.8. The van der Waals surface area contributed by atoms with E-state index in [1.165, 1.54) is 12.7 Å². The molecule has 0 saturated carbocycles. The molecular formula is C22H35FN6O13P2S. The molecule has 0 aromatic carbocycles. The normalized spacial score (nSPS) is 36.5. The molecule has 0 amide bonds. The van der Waals surface area contributed by atoms with Crippen molar-refractivity contribution in [3.63, 3.8) is 0 Å². The number of phosphoric acid groups is 1. The number of thiol groups is 1. The maximum absolute atomic E-state index is 14.0. The van der Waals surface area contributed by atoms with Crippen LogP contribution in [0.2, 0.25) is 0 Å². The molecule has 0 bridgehead atoms. The number of nitrogens with two attached hydrogens (primary N) is 1. The van der Waals surface area contributed by atoms with Gasteiger partial charge in [0, 0.05) is 5.92 Å². The second kappa shape index (κ2) is 14.0. The zero-order valence-electron chi connectivity index (χ0n) is 23.5. The van der Waals surface area contributed by atoms with E-state index in [0.29, 0.717) is 24.3 Å². The lowest BCUT2D eigenvalue weighted by Gasteiger charge is -2.30. The van der Waals surface area contributed by atoms with Crippen LogP contribution < -0.4 is 5.73 Å². The largest absolute Gasteiger partial charge is 0.482 e. The Bertz CT molecular complexity index is 1430. The minimum absolute atomic E-state index is 0.141. The van der Waals surface area contributed by atoms with Crippen LogP contribution in [0.3, 0.4) is 0 Å². The number of halogens is 1. The molecule has 5 rings (SSSR count). The summed E-state index contributed by atoms with van der Waals surface area (Å²) in [6, 6.07) is -0.628. The summed E-state index contributed by atoms with van der Waals surface area (Å²) in [4.78, 5) is 24.7. The molecule has 254 valence electrons. The lowest BCUT2D eigenvalue weighted by molar-refractivity contribution is -0.173. The molecule has 8 N–H and O–H groups in total. The summed E-state index contributed by atoms with van der Waals surface area (Å²) in [6.45, 7) is -5.88. The van der Waals surface area contributed by atoms with E-state index in [0.717, 1.165) is 12.8 Å². The standard InChI is InChI=1S/C22H35FN6O13P2S/c23-11(5-30)10-6-38-22(18(34)17(33)15(10)31)41-43(35,36)42-44(37,45)39-7-12-16(32)14(28-3-1-2-4-28)21(40-12)29-9-27-13-19(24)25-8-26-20(13)29/h8-12,14-18,21-22,30-34H,1-7H2,(H,35,36)(H,37,45)(H2,24,25,26)/t10?,11-,12+,14+,15?,16+,17?,18?,21+,22?,44?/m0/s1. The van der Waals surface area contributed by atoms with Crippen molar-refractivity contribution >= 4 is 43.9 Å². The molecule has 2 aromatic heterocycles. The van der Waals surface area contributed by atoms with E-state index >= 15 is 0 Å². The van der Waals surface area contributed by atoms with Crippen LogP contribution in [0.1, 0.15) is 19.1 Å². The maximum atomic E-state index is 14.0. The summed E-state index contributed by atoms with van der Waals surface area (Å²) in [6.07, 6.45) is -9.26. The number of imidazole rings is 1. The highest BCUT2D eigenvalue weighted by Crippen LogP contribution is 2.66. The highest BCUT2D eigenvalue weighted by Gasteiger charge is 2.50. The quantitative estimate of drug-likeness (QED) is 0.0997. The number of anilines is 1. The van der Waals surface area contributed by atoms with E-state index in [2.05, 4.69) is 31.5 Å². The van der Waals surface area contributed by atoms with Gasteiger partial charge in [-0.15, -0.1) is 0 Å². The Balaban J connectivity index is 1.25. The van der Waals surface area contributed by atoms with E-state index in [9.17, 15) is 38.8 Å². The summed E-state index contributed by atoms with van der Waals surface area (Å²) in [5.74, 6) is -1.38. The second-order valence-electron chi connectivity index (χ2n) is 10.8. The monoisotopic (exact) mass is 704 g/mol. The molecule has 12 atom stereocenters. The van der Waals surface area contributed by atoms with Crippen molar-refractivity contribution in [2.24, 2.45) is 5.92 Å². The van der Waals surface area contributed by atoms with Crippen LogP contribution in [-0.2, 0) is 32.0 Å². The summed E-state index contributed by atoms with van der Waals surface area (Å²) >= 11 is 3.72. The van der Waals surface area contributed by atoms with E-state index in [1.807, 2.05) is 4.90 Å². The summed E-state index contributed by atoms with van der Waals surface area (Å²) in [7, 11) is -5.46. The third kappa shape index (κ3) is 7.53. The number of fused-ring (bicyclic) bond motifs is 1. The number of rotatable bonds is 11. The van der Waals surface area contributed by atoms with Crippen molar-refractivity contribution in [2.45, 2.75) is 68.1 Å². The van der Waals surface area contributed by atoms with Crippen molar-refractivity contribution in [3.05, 3.63) is 12.7 Å². The maximum Gasteiger partial charge on any atom is 0.482 e. The van der Waals surface area contributed by atoms with E-state index in [-0.39, 0.29) is 5.82 Å². The molecule has 45 heavy (non-hydrogen) atoms. The van der Waals surface area contributed by atoms with Gasteiger partial charge in [0.15, 0.2) is 24.0 Å². The molecule has 3 aliphatic rings. The minimum Gasteiger partial charge on any atom is -0.393 e. The fourth-order valence-corrected chi connectivity index (χ4v) is 8.83. The number of nitrogens with zero attached hydrogens (tertiary/aromatic N) is 5. The van der Waals surface area contributed by atoms with Gasteiger partial charge in [-0.05, 0) is 25.9 Å². The molecule has 23 heteroatoms. The van der Waals surface area contributed by atoms with Crippen molar-refractivity contribution in [3.8, 4) is 0 Å². The van der Waals surface area contributed by atoms with Gasteiger partial charge in [0.2, 0.25) is 0 Å². The van der Waals surface area contributed by atoms with E-state index < -0.39 is 95.6 Å². The third-order valence-electron chi connectivity index (χ3n) is 7.92. The predicted molar refractivity (Wildman–Crippen MR) is 152 cm³/mol. The Morgan fingerprint density at radius 1 is 1.11 bits per heavy atom. The van der Waals surface area contributed by atoms with Crippen molar-refractivity contribution < 1.29 is 66.8 Å². The molecule has 5 heterocycles. The zero-order chi connectivity index (χ0) is 32.7. The van der Waals surface area contributed by atoms with E-state index in [4.69, 9.17) is 29.4 Å². The minimum atomic E-state index is -5.46. The lowest BCUT2D eigenvalue weighted by Crippen LogP contribution is -2.47. The highest BCUT2D eigenvalue weighted by atomic mass is 32.7. The number of nitrogen functional groups attached to an aromatic ring is 1. The molecule has 2 aromatic rings. The molecule has 19 nitrogen and oxygen atoms in total. The van der Waals surface area contributed by atoms with Gasteiger partial charge in [-0.1, -0.05) is 12.2 Å². The molecule has 0 radical (unpaired) electrons. The van der Waals surface area contributed by atoms with Gasteiger partial charge in [-0.25, -0.2) is 28.5 Å². The van der Waals surface area contributed by atoms with Crippen LogP contribution in [0.5, 0.6) is 0 Å². The van der Waals surface area contributed by atoms with Gasteiger partial charge in [0.05, 0.1) is 38.3 Å². The van der Waals surface area contributed by atoms with Crippen molar-refractivity contribution in [1.29, 1.82) is 0 Å². The van der Waals surface area contributed by atoms with Gasteiger partial charge < -0.3 is 45.6 Å². The van der Waals surface area contributed by atoms with Gasteiger partial charge in [-0.3, -0.25) is 18.5 Å². The third-order valence-corrected chi connectivity index (χ3v) is 11.5. The van der Waals surface area contributed by atoms with Crippen LogP contribution in [0.4, 0.5) is 10.2 Å². The number of aliphatic hydroxyl groups is 5. The van der Waals surface area contributed by atoms with Gasteiger partial charge in [0.1, 0.15) is 42.4 Å². The molecule has 7 unspecified atom stereocenters. The zero-order valence-corrected chi connectivity index (χ0v) is 26.1. The van der Waals surface area contributed by atoms with Gasteiger partial charge >= 0.3 is 14.6 Å². The number of likely N-dealkylation sites (tertiary alicyclic amines) is 1. The highest BCUT2D eigenvalue weighted by molar-refractivity contribution is 8.45.